The van der Waals surface area contributed by atoms with E-state index in [1.54, 1.807) is 24.2 Å². The topological polar surface area (TPSA) is 73.1 Å². The van der Waals surface area contributed by atoms with Gasteiger partial charge in [-0.25, -0.2) is 14.6 Å². The first-order valence-corrected chi connectivity index (χ1v) is 11.0. The number of piperidine rings is 1. The smallest absolute Gasteiger partial charge is 0.257 e. The minimum absolute atomic E-state index is 0.0845. The molecule has 160 valence electrons. The minimum Gasteiger partial charge on any atom is -0.496 e. The van der Waals surface area contributed by atoms with Crippen LogP contribution in [0.4, 0.5) is 0 Å². The monoisotopic (exact) mass is 417 g/mol. The molecular formula is C24H27N5O2. The third kappa shape index (κ3) is 3.69. The Morgan fingerprint density at radius 3 is 2.74 bits per heavy atom. The molecule has 2 aliphatic rings. The Bertz CT molecular complexity index is 1100. The molecule has 0 spiro atoms. The van der Waals surface area contributed by atoms with E-state index in [1.165, 1.54) is 6.42 Å². The summed E-state index contributed by atoms with van der Waals surface area (Å²) < 4.78 is 7.26. The molecule has 0 radical (unpaired) electrons. The summed E-state index contributed by atoms with van der Waals surface area (Å²) in [5.41, 5.74) is 3.30. The molecule has 1 aliphatic carbocycles. The maximum Gasteiger partial charge on any atom is 0.257 e. The number of nitrogens with zero attached hydrogens (tertiary/aromatic N) is 5. The van der Waals surface area contributed by atoms with Gasteiger partial charge in [0.1, 0.15) is 5.75 Å². The van der Waals surface area contributed by atoms with Crippen molar-refractivity contribution in [1.29, 1.82) is 0 Å². The standard InChI is InChI=1S/C24H27N5O2/c1-16-7-5-6-14-28(16)23(30)19-15-26-29(22(19)17-10-11-17)24-25-13-12-20(27-24)18-8-3-4-9-21(18)31-2/h3-4,8-9,12-13,15-17H,5-7,10-11,14H2,1-2H3/t16-/m1/s1. The summed E-state index contributed by atoms with van der Waals surface area (Å²) in [5, 5.41) is 4.58. The second-order valence-corrected chi connectivity index (χ2v) is 8.42. The SMILES string of the molecule is COc1ccccc1-c1ccnc(-n2ncc(C(=O)N3CCCC[C@H]3C)c2C2CC2)n1. The Kier molecular flexibility index (Phi) is 5.18. The molecule has 0 unspecified atom stereocenters. The zero-order chi connectivity index (χ0) is 21.4. The fourth-order valence-electron chi connectivity index (χ4n) is 4.44. The lowest BCUT2D eigenvalue weighted by Gasteiger charge is -2.33. The van der Waals surface area contributed by atoms with Gasteiger partial charge in [-0.1, -0.05) is 12.1 Å². The van der Waals surface area contributed by atoms with Crippen molar-refractivity contribution in [3.63, 3.8) is 0 Å². The highest BCUT2D eigenvalue weighted by Crippen LogP contribution is 2.43. The van der Waals surface area contributed by atoms with Gasteiger partial charge in [0.2, 0.25) is 0 Å². The zero-order valence-electron chi connectivity index (χ0n) is 18.0. The van der Waals surface area contributed by atoms with Gasteiger partial charge in [0, 0.05) is 30.3 Å². The van der Waals surface area contributed by atoms with E-state index in [9.17, 15) is 4.79 Å². The second-order valence-electron chi connectivity index (χ2n) is 8.42. The van der Waals surface area contributed by atoms with Gasteiger partial charge < -0.3 is 9.64 Å². The molecule has 1 saturated heterocycles. The number of carbonyl (C=O) groups excluding carboxylic acids is 1. The molecule has 5 rings (SSSR count). The summed E-state index contributed by atoms with van der Waals surface area (Å²) >= 11 is 0. The molecule has 0 bridgehead atoms. The molecule has 1 atom stereocenters. The van der Waals surface area contributed by atoms with Crippen LogP contribution in [0.1, 0.15) is 61.0 Å². The molecule has 2 fully saturated rings. The van der Waals surface area contributed by atoms with Crippen molar-refractivity contribution >= 4 is 5.91 Å². The number of amides is 1. The van der Waals surface area contributed by atoms with Crippen LogP contribution in [-0.4, -0.2) is 50.3 Å². The number of rotatable bonds is 5. The first-order valence-electron chi connectivity index (χ1n) is 11.0. The Hall–Kier alpha value is -3.22. The number of likely N-dealkylation sites (tertiary alicyclic amines) is 1. The number of hydrogen-bond acceptors (Lipinski definition) is 5. The maximum absolute atomic E-state index is 13.4. The highest BCUT2D eigenvalue weighted by Gasteiger charge is 2.36. The predicted molar refractivity (Wildman–Crippen MR) is 117 cm³/mol. The van der Waals surface area contributed by atoms with Crippen molar-refractivity contribution < 1.29 is 9.53 Å². The Balaban J connectivity index is 1.54. The quantitative estimate of drug-likeness (QED) is 0.621. The summed E-state index contributed by atoms with van der Waals surface area (Å²) in [6, 6.07) is 9.91. The van der Waals surface area contributed by atoms with Gasteiger partial charge in [-0.3, -0.25) is 4.79 Å². The first kappa shape index (κ1) is 19.7. The molecular weight excluding hydrogens is 390 g/mol. The molecule has 1 aliphatic heterocycles. The van der Waals surface area contributed by atoms with Crippen LogP contribution in [0.25, 0.3) is 17.2 Å². The maximum atomic E-state index is 13.4. The first-order chi connectivity index (χ1) is 15.2. The van der Waals surface area contributed by atoms with E-state index in [0.29, 0.717) is 17.4 Å². The minimum atomic E-state index is 0.0845. The highest BCUT2D eigenvalue weighted by molar-refractivity contribution is 5.96. The predicted octanol–water partition coefficient (Wildman–Crippen LogP) is 4.23. The van der Waals surface area contributed by atoms with Crippen LogP contribution in [0.5, 0.6) is 5.75 Å². The molecule has 1 saturated carbocycles. The number of methoxy groups -OCH3 is 1. The van der Waals surface area contributed by atoms with Crippen molar-refractivity contribution in [2.75, 3.05) is 13.7 Å². The highest BCUT2D eigenvalue weighted by atomic mass is 16.5. The van der Waals surface area contributed by atoms with Crippen molar-refractivity contribution in [2.24, 2.45) is 0 Å². The van der Waals surface area contributed by atoms with Crippen LogP contribution in [0.2, 0.25) is 0 Å². The van der Waals surface area contributed by atoms with Crippen molar-refractivity contribution in [3.8, 4) is 23.0 Å². The molecule has 1 amide bonds. The van der Waals surface area contributed by atoms with Gasteiger partial charge in [-0.2, -0.15) is 5.10 Å². The van der Waals surface area contributed by atoms with E-state index in [0.717, 1.165) is 54.9 Å². The van der Waals surface area contributed by atoms with E-state index in [1.807, 2.05) is 35.2 Å². The molecule has 7 heteroatoms. The van der Waals surface area contributed by atoms with E-state index < -0.39 is 0 Å². The van der Waals surface area contributed by atoms with Gasteiger partial charge in [0.25, 0.3) is 11.9 Å². The molecule has 3 heterocycles. The van der Waals surface area contributed by atoms with E-state index in [2.05, 4.69) is 17.0 Å². The van der Waals surface area contributed by atoms with Crippen molar-refractivity contribution in [3.05, 3.63) is 54.0 Å². The van der Waals surface area contributed by atoms with Crippen LogP contribution in [0, 0.1) is 0 Å². The molecule has 0 N–H and O–H groups in total. The Labute approximate surface area is 182 Å². The average Bonchev–Trinajstić information content (AvgIpc) is 3.56. The van der Waals surface area contributed by atoms with E-state index >= 15 is 0 Å². The fraction of sp³-hybridized carbons (Fsp3) is 0.417. The van der Waals surface area contributed by atoms with Crippen molar-refractivity contribution in [1.82, 2.24) is 24.6 Å². The van der Waals surface area contributed by atoms with Crippen molar-refractivity contribution in [2.45, 2.75) is 51.0 Å². The van der Waals surface area contributed by atoms with Crippen LogP contribution in [0.15, 0.2) is 42.7 Å². The normalized spacial score (nSPS) is 18.8. The average molecular weight is 418 g/mol. The van der Waals surface area contributed by atoms with Gasteiger partial charge >= 0.3 is 0 Å². The Morgan fingerprint density at radius 2 is 1.97 bits per heavy atom. The van der Waals surface area contributed by atoms with Gasteiger partial charge in [-0.15, -0.1) is 0 Å². The van der Waals surface area contributed by atoms with Crippen LogP contribution < -0.4 is 4.74 Å². The molecule has 1 aromatic carbocycles. The van der Waals surface area contributed by atoms with Crippen LogP contribution in [-0.2, 0) is 0 Å². The molecule has 31 heavy (non-hydrogen) atoms. The molecule has 3 aromatic rings. The second kappa shape index (κ2) is 8.13. The number of aromatic nitrogens is 4. The summed E-state index contributed by atoms with van der Waals surface area (Å²) in [5.74, 6) is 1.65. The van der Waals surface area contributed by atoms with Crippen LogP contribution in [0.3, 0.4) is 0 Å². The number of hydrogen-bond donors (Lipinski definition) is 0. The fourth-order valence-corrected chi connectivity index (χ4v) is 4.44. The summed E-state index contributed by atoms with van der Waals surface area (Å²) in [6.45, 7) is 2.95. The number of carbonyl (C=O) groups is 1. The largest absolute Gasteiger partial charge is 0.496 e. The number of benzene rings is 1. The number of ether oxygens (including phenoxy) is 1. The Morgan fingerprint density at radius 1 is 1.13 bits per heavy atom. The van der Waals surface area contributed by atoms with Gasteiger partial charge in [-0.05, 0) is 57.2 Å². The number of para-hydroxylation sites is 1. The molecule has 2 aromatic heterocycles. The lowest BCUT2D eigenvalue weighted by atomic mass is 10.0. The van der Waals surface area contributed by atoms with Gasteiger partial charge in [0.05, 0.1) is 30.3 Å². The third-order valence-corrected chi connectivity index (χ3v) is 6.28. The summed E-state index contributed by atoms with van der Waals surface area (Å²) in [6.07, 6.45) is 8.87. The summed E-state index contributed by atoms with van der Waals surface area (Å²) in [4.78, 5) is 24.7. The van der Waals surface area contributed by atoms with E-state index in [4.69, 9.17) is 9.72 Å². The van der Waals surface area contributed by atoms with Gasteiger partial charge in [0.15, 0.2) is 0 Å². The lowest BCUT2D eigenvalue weighted by Crippen LogP contribution is -2.42. The zero-order valence-corrected chi connectivity index (χ0v) is 18.0. The molecule has 7 nitrogen and oxygen atoms in total. The summed E-state index contributed by atoms with van der Waals surface area (Å²) in [7, 11) is 1.65. The van der Waals surface area contributed by atoms with Crippen LogP contribution >= 0.6 is 0 Å². The lowest BCUT2D eigenvalue weighted by molar-refractivity contribution is 0.0634. The third-order valence-electron chi connectivity index (χ3n) is 6.28. The van der Waals surface area contributed by atoms with E-state index in [-0.39, 0.29) is 11.9 Å².